The Morgan fingerprint density at radius 1 is 1.00 bits per heavy atom. The van der Waals surface area contributed by atoms with E-state index in [-0.39, 0.29) is 5.78 Å². The van der Waals surface area contributed by atoms with Crippen LogP contribution in [0, 0.1) is 0 Å². The number of anilines is 1. The molecule has 0 unspecified atom stereocenters. The van der Waals surface area contributed by atoms with E-state index in [0.717, 1.165) is 4.47 Å². The van der Waals surface area contributed by atoms with Gasteiger partial charge in [-0.2, -0.15) is 0 Å². The number of carbonyl (C=O) groups is 1. The Labute approximate surface area is 123 Å². The van der Waals surface area contributed by atoms with Gasteiger partial charge >= 0.3 is 0 Å². The fourth-order valence-corrected chi connectivity index (χ4v) is 2.03. The van der Waals surface area contributed by atoms with Gasteiger partial charge < -0.3 is 5.73 Å². The average molecular weight is 345 g/mol. The molecule has 0 bridgehead atoms. The highest BCUT2D eigenvalue weighted by Gasteiger charge is 2.11. The molecule has 2 aromatic rings. The number of ketones is 1. The van der Waals surface area contributed by atoms with Crippen molar-refractivity contribution in [1.82, 2.24) is 0 Å². The van der Waals surface area contributed by atoms with Gasteiger partial charge in [-0.3, -0.25) is 4.79 Å². The number of hydrogen-bond donors (Lipinski definition) is 1. The molecule has 0 radical (unpaired) electrons. The molecule has 18 heavy (non-hydrogen) atoms. The molecule has 0 fully saturated rings. The molecule has 2 rings (SSSR count). The zero-order valence-corrected chi connectivity index (χ0v) is 12.2. The predicted octanol–water partition coefficient (Wildman–Crippen LogP) is 4.57. The minimum absolute atomic E-state index is 0.146. The third-order valence-corrected chi connectivity index (χ3v) is 3.90. The van der Waals surface area contributed by atoms with Crippen molar-refractivity contribution < 1.29 is 4.79 Å². The van der Waals surface area contributed by atoms with Crippen LogP contribution in [-0.2, 0) is 0 Å². The summed E-state index contributed by atoms with van der Waals surface area (Å²) in [5.74, 6) is -0.146. The lowest BCUT2D eigenvalue weighted by Gasteiger charge is -2.05. The molecule has 2 nitrogen and oxygen atoms in total. The fourth-order valence-electron chi connectivity index (χ4n) is 1.49. The summed E-state index contributed by atoms with van der Waals surface area (Å²) in [6.07, 6.45) is 0. The number of carbonyl (C=O) groups excluding carboxylic acids is 1. The average Bonchev–Trinajstić information content (AvgIpc) is 2.35. The second-order valence-corrected chi connectivity index (χ2v) is 5.36. The van der Waals surface area contributed by atoms with Gasteiger partial charge in [-0.05, 0) is 52.3 Å². The Morgan fingerprint density at radius 3 is 2.22 bits per heavy atom. The topological polar surface area (TPSA) is 43.1 Å². The minimum Gasteiger partial charge on any atom is -0.398 e. The molecule has 0 amide bonds. The van der Waals surface area contributed by atoms with Crippen LogP contribution in [-0.4, -0.2) is 5.78 Å². The highest BCUT2D eigenvalue weighted by Crippen LogP contribution is 2.25. The van der Waals surface area contributed by atoms with Crippen LogP contribution in [0.1, 0.15) is 15.9 Å². The molecule has 0 saturated heterocycles. The van der Waals surface area contributed by atoms with Crippen molar-refractivity contribution in [1.29, 1.82) is 0 Å². The molecule has 5 heteroatoms. The maximum atomic E-state index is 12.2. The Morgan fingerprint density at radius 2 is 1.61 bits per heavy atom. The van der Waals surface area contributed by atoms with Gasteiger partial charge in [0.15, 0.2) is 5.78 Å². The highest BCUT2D eigenvalue weighted by atomic mass is 79.9. The number of nitrogens with two attached hydrogens (primary N) is 1. The number of rotatable bonds is 2. The van der Waals surface area contributed by atoms with Crippen LogP contribution >= 0.6 is 39.1 Å². The number of hydrogen-bond acceptors (Lipinski definition) is 2. The number of benzene rings is 2. The second-order valence-electron chi connectivity index (χ2n) is 3.69. The SMILES string of the molecule is Nc1cc(C(=O)c2ccc(Cl)c(Cl)c2)ccc1Br. The van der Waals surface area contributed by atoms with E-state index in [1.165, 1.54) is 0 Å². The molecule has 0 aromatic heterocycles. The van der Waals surface area contributed by atoms with Crippen molar-refractivity contribution >= 4 is 50.6 Å². The van der Waals surface area contributed by atoms with Gasteiger partial charge in [0.1, 0.15) is 0 Å². The molecule has 0 atom stereocenters. The van der Waals surface area contributed by atoms with E-state index in [1.807, 2.05) is 0 Å². The van der Waals surface area contributed by atoms with Gasteiger partial charge in [0, 0.05) is 21.3 Å². The molecule has 0 spiro atoms. The summed E-state index contributed by atoms with van der Waals surface area (Å²) in [7, 11) is 0. The van der Waals surface area contributed by atoms with Crippen molar-refractivity contribution in [3.8, 4) is 0 Å². The maximum Gasteiger partial charge on any atom is 0.193 e. The normalized spacial score (nSPS) is 10.4. The summed E-state index contributed by atoms with van der Waals surface area (Å²) in [4.78, 5) is 12.2. The standard InChI is InChI=1S/C13H8BrCl2NO/c14-9-3-1-8(6-12(9)17)13(18)7-2-4-10(15)11(16)5-7/h1-6H,17H2. The molecule has 0 heterocycles. The Bertz CT molecular complexity index is 575. The maximum absolute atomic E-state index is 12.2. The van der Waals surface area contributed by atoms with E-state index >= 15 is 0 Å². The molecule has 2 aromatic carbocycles. The molecule has 0 aliphatic heterocycles. The van der Waals surface area contributed by atoms with Crippen LogP contribution in [0.25, 0.3) is 0 Å². The number of nitrogen functional groups attached to an aromatic ring is 1. The molecule has 0 saturated carbocycles. The molecular formula is C13H8BrCl2NO. The van der Waals surface area contributed by atoms with Crippen molar-refractivity contribution in [3.05, 3.63) is 62.0 Å². The van der Waals surface area contributed by atoms with Crippen LogP contribution in [0.3, 0.4) is 0 Å². The van der Waals surface area contributed by atoms with Gasteiger partial charge in [-0.15, -0.1) is 0 Å². The first-order chi connectivity index (χ1) is 8.49. The lowest BCUT2D eigenvalue weighted by molar-refractivity contribution is 0.103. The Kier molecular flexibility index (Phi) is 3.95. The van der Waals surface area contributed by atoms with Gasteiger partial charge in [0.2, 0.25) is 0 Å². The van der Waals surface area contributed by atoms with Crippen LogP contribution in [0.15, 0.2) is 40.9 Å². The largest absolute Gasteiger partial charge is 0.398 e. The molecule has 0 aliphatic carbocycles. The number of halogens is 3. The first-order valence-electron chi connectivity index (χ1n) is 5.04. The van der Waals surface area contributed by atoms with Crippen LogP contribution in [0.5, 0.6) is 0 Å². The zero-order chi connectivity index (χ0) is 13.3. The van der Waals surface area contributed by atoms with Gasteiger partial charge in [0.05, 0.1) is 10.0 Å². The van der Waals surface area contributed by atoms with Gasteiger partial charge in [-0.25, -0.2) is 0 Å². The summed E-state index contributed by atoms with van der Waals surface area (Å²) < 4.78 is 0.758. The predicted molar refractivity (Wildman–Crippen MR) is 78.4 cm³/mol. The van der Waals surface area contributed by atoms with E-state index in [9.17, 15) is 4.79 Å². The van der Waals surface area contributed by atoms with Crippen molar-refractivity contribution in [2.75, 3.05) is 5.73 Å². The van der Waals surface area contributed by atoms with Crippen LogP contribution in [0.4, 0.5) is 5.69 Å². The van der Waals surface area contributed by atoms with Crippen LogP contribution < -0.4 is 5.73 Å². The lowest BCUT2D eigenvalue weighted by atomic mass is 10.0. The molecular weight excluding hydrogens is 337 g/mol. The molecule has 0 aliphatic rings. The highest BCUT2D eigenvalue weighted by molar-refractivity contribution is 9.10. The summed E-state index contributed by atoms with van der Waals surface area (Å²) >= 11 is 15.0. The van der Waals surface area contributed by atoms with E-state index in [0.29, 0.717) is 26.9 Å². The summed E-state index contributed by atoms with van der Waals surface area (Å²) in [5.41, 5.74) is 7.25. The van der Waals surface area contributed by atoms with E-state index < -0.39 is 0 Å². The summed E-state index contributed by atoms with van der Waals surface area (Å²) in [6, 6.07) is 9.83. The first-order valence-corrected chi connectivity index (χ1v) is 6.58. The summed E-state index contributed by atoms with van der Waals surface area (Å²) in [6.45, 7) is 0. The van der Waals surface area contributed by atoms with Gasteiger partial charge in [0.25, 0.3) is 0 Å². The van der Waals surface area contributed by atoms with E-state index in [4.69, 9.17) is 28.9 Å². The lowest BCUT2D eigenvalue weighted by Crippen LogP contribution is -2.02. The smallest absolute Gasteiger partial charge is 0.193 e. The van der Waals surface area contributed by atoms with Crippen molar-refractivity contribution in [2.45, 2.75) is 0 Å². The third kappa shape index (κ3) is 2.69. The monoisotopic (exact) mass is 343 g/mol. The Hall–Kier alpha value is -1.03. The molecule has 2 N–H and O–H groups in total. The quantitative estimate of drug-likeness (QED) is 0.640. The zero-order valence-electron chi connectivity index (χ0n) is 9.08. The fraction of sp³-hybridized carbons (Fsp3) is 0. The minimum atomic E-state index is -0.146. The first kappa shape index (κ1) is 13.4. The molecule has 92 valence electrons. The van der Waals surface area contributed by atoms with Gasteiger partial charge in [-0.1, -0.05) is 23.2 Å². The van der Waals surface area contributed by atoms with Crippen molar-refractivity contribution in [2.24, 2.45) is 0 Å². The second kappa shape index (κ2) is 5.31. The Balaban J connectivity index is 2.41. The summed E-state index contributed by atoms with van der Waals surface area (Å²) in [5, 5.41) is 0.774. The van der Waals surface area contributed by atoms with E-state index in [1.54, 1.807) is 36.4 Å². The van der Waals surface area contributed by atoms with Crippen LogP contribution in [0.2, 0.25) is 10.0 Å². The van der Waals surface area contributed by atoms with Crippen molar-refractivity contribution in [3.63, 3.8) is 0 Å². The van der Waals surface area contributed by atoms with E-state index in [2.05, 4.69) is 15.9 Å². The third-order valence-electron chi connectivity index (χ3n) is 2.44.